The second-order valence-electron chi connectivity index (χ2n) is 6.44. The summed E-state index contributed by atoms with van der Waals surface area (Å²) in [5.41, 5.74) is -0.252. The number of unbranched alkanes of at least 4 members (excludes halogenated alkanes) is 4. The van der Waals surface area contributed by atoms with Crippen LogP contribution in [0.2, 0.25) is 0 Å². The van der Waals surface area contributed by atoms with E-state index in [4.69, 9.17) is 4.74 Å². The molecule has 1 unspecified atom stereocenters. The van der Waals surface area contributed by atoms with E-state index in [2.05, 4.69) is 25.3 Å². The van der Waals surface area contributed by atoms with Crippen LogP contribution in [0.15, 0.2) is 42.5 Å². The van der Waals surface area contributed by atoms with E-state index in [1.165, 1.54) is 19.8 Å². The molecule has 1 aromatic rings. The molecule has 26 heavy (non-hydrogen) atoms. The standard InChI is InChI=1S/C23H30O3/c1-5-7-8-9-10-12-15-19(3)23(20(4)24,22(25)26-6-2)18-21-16-13-11-14-17-21/h11,13-14,16-17H,3,5-10,18H2,1-2,4H3. The zero-order chi connectivity index (χ0) is 19.4. The Morgan fingerprint density at radius 3 is 2.38 bits per heavy atom. The van der Waals surface area contributed by atoms with Crippen LogP contribution in [0.25, 0.3) is 0 Å². The predicted molar refractivity (Wildman–Crippen MR) is 106 cm³/mol. The van der Waals surface area contributed by atoms with Gasteiger partial charge in [0.1, 0.15) is 0 Å². The second-order valence-corrected chi connectivity index (χ2v) is 6.44. The first-order chi connectivity index (χ1) is 12.5. The highest BCUT2D eigenvalue weighted by atomic mass is 16.5. The van der Waals surface area contributed by atoms with Gasteiger partial charge in [-0.3, -0.25) is 9.59 Å². The maximum atomic E-state index is 12.8. The Bertz CT molecular complexity index is 664. The van der Waals surface area contributed by atoms with Gasteiger partial charge in [0.2, 0.25) is 0 Å². The molecule has 0 spiro atoms. The van der Waals surface area contributed by atoms with E-state index in [9.17, 15) is 9.59 Å². The molecule has 1 atom stereocenters. The minimum absolute atomic E-state index is 0.209. The quantitative estimate of drug-likeness (QED) is 0.260. The first-order valence-corrected chi connectivity index (χ1v) is 9.39. The molecular weight excluding hydrogens is 324 g/mol. The SMILES string of the molecule is C=C(C#CCCCCCC)C(Cc1ccccc1)(C(C)=O)C(=O)OCC. The molecule has 0 saturated carbocycles. The molecule has 3 heteroatoms. The molecule has 0 radical (unpaired) electrons. The lowest BCUT2D eigenvalue weighted by atomic mass is 9.72. The molecule has 0 aliphatic rings. The number of hydrogen-bond donors (Lipinski definition) is 0. The molecule has 0 aliphatic carbocycles. The van der Waals surface area contributed by atoms with Crippen LogP contribution in [0.5, 0.6) is 0 Å². The summed E-state index contributed by atoms with van der Waals surface area (Å²) in [4.78, 5) is 25.3. The van der Waals surface area contributed by atoms with Crippen molar-refractivity contribution < 1.29 is 14.3 Å². The summed E-state index contributed by atoms with van der Waals surface area (Å²) in [6, 6.07) is 9.44. The molecule has 0 bridgehead atoms. The van der Waals surface area contributed by atoms with E-state index in [1.54, 1.807) is 6.92 Å². The van der Waals surface area contributed by atoms with Crippen molar-refractivity contribution in [1.82, 2.24) is 0 Å². The van der Waals surface area contributed by atoms with E-state index >= 15 is 0 Å². The Kier molecular flexibility index (Phi) is 9.44. The third kappa shape index (κ3) is 5.88. The number of carbonyl (C=O) groups excluding carboxylic acids is 2. The number of rotatable bonds is 10. The van der Waals surface area contributed by atoms with Crippen LogP contribution < -0.4 is 0 Å². The molecular formula is C23H30O3. The van der Waals surface area contributed by atoms with Gasteiger partial charge >= 0.3 is 5.97 Å². The Labute approximate surface area is 157 Å². The fourth-order valence-corrected chi connectivity index (χ4v) is 2.86. The largest absolute Gasteiger partial charge is 0.465 e. The number of benzene rings is 1. The number of carbonyl (C=O) groups is 2. The van der Waals surface area contributed by atoms with Crippen LogP contribution >= 0.6 is 0 Å². The molecule has 0 N–H and O–H groups in total. The highest BCUT2D eigenvalue weighted by Crippen LogP contribution is 2.34. The summed E-state index contributed by atoms with van der Waals surface area (Å²) >= 11 is 0. The van der Waals surface area contributed by atoms with Crippen molar-refractivity contribution in [3.63, 3.8) is 0 Å². The van der Waals surface area contributed by atoms with Crippen molar-refractivity contribution in [2.24, 2.45) is 5.41 Å². The zero-order valence-electron chi connectivity index (χ0n) is 16.3. The summed E-state index contributed by atoms with van der Waals surface area (Å²) in [6.07, 6.45) is 5.47. The Hall–Kier alpha value is -2.34. The molecule has 0 saturated heterocycles. The van der Waals surface area contributed by atoms with Crippen LogP contribution in [0.3, 0.4) is 0 Å². The lowest BCUT2D eigenvalue weighted by Gasteiger charge is -2.28. The number of hydrogen-bond acceptors (Lipinski definition) is 3. The van der Waals surface area contributed by atoms with Crippen molar-refractivity contribution >= 4 is 11.8 Å². The summed E-state index contributed by atoms with van der Waals surface area (Å²) in [7, 11) is 0. The minimum Gasteiger partial charge on any atom is -0.465 e. The van der Waals surface area contributed by atoms with Crippen molar-refractivity contribution in [3.8, 4) is 11.8 Å². The van der Waals surface area contributed by atoms with E-state index in [0.29, 0.717) is 5.57 Å². The van der Waals surface area contributed by atoms with Crippen molar-refractivity contribution in [2.45, 2.75) is 59.3 Å². The van der Waals surface area contributed by atoms with E-state index in [0.717, 1.165) is 24.8 Å². The van der Waals surface area contributed by atoms with Crippen LogP contribution in [-0.4, -0.2) is 18.4 Å². The summed E-state index contributed by atoms with van der Waals surface area (Å²) in [5, 5.41) is 0. The van der Waals surface area contributed by atoms with Crippen molar-refractivity contribution in [3.05, 3.63) is 48.0 Å². The molecule has 0 fully saturated rings. The maximum absolute atomic E-state index is 12.8. The van der Waals surface area contributed by atoms with Gasteiger partial charge in [-0.05, 0) is 25.8 Å². The van der Waals surface area contributed by atoms with Gasteiger partial charge in [-0.2, -0.15) is 0 Å². The van der Waals surface area contributed by atoms with Gasteiger partial charge < -0.3 is 4.74 Å². The Morgan fingerprint density at radius 1 is 1.12 bits per heavy atom. The smallest absolute Gasteiger partial charge is 0.325 e. The van der Waals surface area contributed by atoms with Crippen LogP contribution in [0.1, 0.15) is 58.4 Å². The average Bonchev–Trinajstić information content (AvgIpc) is 2.63. The minimum atomic E-state index is -1.45. The zero-order valence-corrected chi connectivity index (χ0v) is 16.3. The molecule has 1 aromatic carbocycles. The number of ether oxygens (including phenoxy) is 1. The van der Waals surface area contributed by atoms with E-state index in [-0.39, 0.29) is 18.8 Å². The summed E-state index contributed by atoms with van der Waals surface area (Å²) < 4.78 is 5.23. The second kappa shape index (κ2) is 11.3. The topological polar surface area (TPSA) is 43.4 Å². The van der Waals surface area contributed by atoms with Gasteiger partial charge in [0.05, 0.1) is 6.61 Å². The normalized spacial score (nSPS) is 12.4. The molecule has 0 aromatic heterocycles. The maximum Gasteiger partial charge on any atom is 0.325 e. The number of Topliss-reactive ketones (excluding diaryl/α,β-unsaturated/α-hetero) is 1. The number of ketones is 1. The fourth-order valence-electron chi connectivity index (χ4n) is 2.86. The first kappa shape index (κ1) is 21.7. The van der Waals surface area contributed by atoms with Crippen LogP contribution in [0.4, 0.5) is 0 Å². The van der Waals surface area contributed by atoms with E-state index in [1.807, 2.05) is 30.3 Å². The van der Waals surface area contributed by atoms with Gasteiger partial charge in [0, 0.05) is 18.4 Å². The third-order valence-electron chi connectivity index (χ3n) is 4.45. The fraction of sp³-hybridized carbons (Fsp3) is 0.478. The molecule has 0 heterocycles. The molecule has 1 rings (SSSR count). The van der Waals surface area contributed by atoms with Crippen LogP contribution in [-0.2, 0) is 20.7 Å². The average molecular weight is 354 g/mol. The van der Waals surface area contributed by atoms with Crippen molar-refractivity contribution in [1.29, 1.82) is 0 Å². The summed E-state index contributed by atoms with van der Waals surface area (Å²) in [5.74, 6) is 5.20. The molecule has 0 aliphatic heterocycles. The predicted octanol–water partition coefficient (Wildman–Crippen LogP) is 4.90. The lowest BCUT2D eigenvalue weighted by Crippen LogP contribution is -2.42. The van der Waals surface area contributed by atoms with Crippen LogP contribution in [0, 0.1) is 17.3 Å². The van der Waals surface area contributed by atoms with Gasteiger partial charge in [0.25, 0.3) is 0 Å². The monoisotopic (exact) mass is 354 g/mol. The molecule has 140 valence electrons. The third-order valence-corrected chi connectivity index (χ3v) is 4.45. The lowest BCUT2D eigenvalue weighted by molar-refractivity contribution is -0.156. The first-order valence-electron chi connectivity index (χ1n) is 9.39. The van der Waals surface area contributed by atoms with Gasteiger partial charge in [-0.25, -0.2) is 0 Å². The van der Waals surface area contributed by atoms with E-state index < -0.39 is 11.4 Å². The highest BCUT2D eigenvalue weighted by molar-refractivity contribution is 6.07. The van der Waals surface area contributed by atoms with Crippen molar-refractivity contribution in [2.75, 3.05) is 6.61 Å². The Morgan fingerprint density at radius 2 is 1.81 bits per heavy atom. The highest BCUT2D eigenvalue weighted by Gasteiger charge is 2.47. The molecule has 0 amide bonds. The van der Waals surface area contributed by atoms with Gasteiger partial charge in [-0.1, -0.05) is 74.9 Å². The Balaban J connectivity index is 3.09. The van der Waals surface area contributed by atoms with Gasteiger partial charge in [-0.15, -0.1) is 0 Å². The number of esters is 1. The van der Waals surface area contributed by atoms with Gasteiger partial charge in [0.15, 0.2) is 11.2 Å². The molecule has 3 nitrogen and oxygen atoms in total. The summed E-state index contributed by atoms with van der Waals surface area (Å²) in [6.45, 7) is 9.50.